The molecular formula is C17H16F3NO. The molecule has 1 aliphatic rings. The molecule has 0 amide bonds. The van der Waals surface area contributed by atoms with E-state index in [4.69, 9.17) is 4.74 Å². The Morgan fingerprint density at radius 2 is 1.82 bits per heavy atom. The summed E-state index contributed by atoms with van der Waals surface area (Å²) in [5, 5.41) is 3.36. The van der Waals surface area contributed by atoms with Gasteiger partial charge in [0.25, 0.3) is 0 Å². The largest absolute Gasteiger partial charge is 0.497 e. The van der Waals surface area contributed by atoms with Gasteiger partial charge in [-0.25, -0.2) is 0 Å². The molecule has 1 unspecified atom stereocenters. The first kappa shape index (κ1) is 14.9. The van der Waals surface area contributed by atoms with Gasteiger partial charge < -0.3 is 10.1 Å². The molecule has 5 heteroatoms. The van der Waals surface area contributed by atoms with Crippen LogP contribution in [0.3, 0.4) is 0 Å². The lowest BCUT2D eigenvalue weighted by Gasteiger charge is -2.28. The van der Waals surface area contributed by atoms with Crippen LogP contribution in [0.25, 0.3) is 0 Å². The SMILES string of the molecule is COc1ccc2c(c1)C(c1ccc(C(F)(F)F)cc1)NCC2. The smallest absolute Gasteiger partial charge is 0.416 e. The van der Waals surface area contributed by atoms with E-state index in [0.717, 1.165) is 42.0 Å². The van der Waals surface area contributed by atoms with Crippen LogP contribution in [0.5, 0.6) is 5.75 Å². The van der Waals surface area contributed by atoms with Crippen molar-refractivity contribution in [3.63, 3.8) is 0 Å². The first-order valence-corrected chi connectivity index (χ1v) is 7.06. The summed E-state index contributed by atoms with van der Waals surface area (Å²) in [5.74, 6) is 0.749. The Bertz CT molecular complexity index is 665. The summed E-state index contributed by atoms with van der Waals surface area (Å²) in [6.45, 7) is 0.797. The molecule has 1 N–H and O–H groups in total. The van der Waals surface area contributed by atoms with Gasteiger partial charge in [-0.3, -0.25) is 0 Å². The number of ether oxygens (including phenoxy) is 1. The summed E-state index contributed by atoms with van der Waals surface area (Å²) >= 11 is 0. The molecule has 22 heavy (non-hydrogen) atoms. The molecule has 0 aliphatic carbocycles. The number of benzene rings is 2. The normalized spacial score (nSPS) is 17.9. The van der Waals surface area contributed by atoms with Gasteiger partial charge in [-0.1, -0.05) is 18.2 Å². The molecule has 2 aromatic rings. The minimum Gasteiger partial charge on any atom is -0.497 e. The zero-order valence-corrected chi connectivity index (χ0v) is 12.1. The van der Waals surface area contributed by atoms with Crippen molar-refractivity contribution in [2.45, 2.75) is 18.6 Å². The van der Waals surface area contributed by atoms with Gasteiger partial charge in [0, 0.05) is 6.54 Å². The minimum atomic E-state index is -4.31. The molecule has 1 heterocycles. The molecule has 0 bridgehead atoms. The topological polar surface area (TPSA) is 21.3 Å². The van der Waals surface area contributed by atoms with E-state index in [1.54, 1.807) is 7.11 Å². The number of methoxy groups -OCH3 is 1. The zero-order valence-electron chi connectivity index (χ0n) is 12.1. The van der Waals surface area contributed by atoms with E-state index in [-0.39, 0.29) is 6.04 Å². The number of alkyl halides is 3. The molecule has 0 radical (unpaired) electrons. The first-order chi connectivity index (χ1) is 10.5. The van der Waals surface area contributed by atoms with E-state index in [9.17, 15) is 13.2 Å². The van der Waals surface area contributed by atoms with Gasteiger partial charge in [-0.15, -0.1) is 0 Å². The van der Waals surface area contributed by atoms with Crippen LogP contribution >= 0.6 is 0 Å². The van der Waals surface area contributed by atoms with Crippen molar-refractivity contribution in [3.05, 3.63) is 64.7 Å². The number of hydrogen-bond donors (Lipinski definition) is 1. The summed E-state index contributed by atoms with van der Waals surface area (Å²) in [6, 6.07) is 11.1. The Balaban J connectivity index is 1.97. The quantitative estimate of drug-likeness (QED) is 0.907. The second-order valence-corrected chi connectivity index (χ2v) is 5.32. The maximum Gasteiger partial charge on any atom is 0.416 e. The summed E-state index contributed by atoms with van der Waals surface area (Å²) in [7, 11) is 1.60. The fourth-order valence-corrected chi connectivity index (χ4v) is 2.82. The Hall–Kier alpha value is -2.01. The van der Waals surface area contributed by atoms with Gasteiger partial charge >= 0.3 is 6.18 Å². The van der Waals surface area contributed by atoms with E-state index >= 15 is 0 Å². The van der Waals surface area contributed by atoms with E-state index in [0.29, 0.717) is 0 Å². The maximum atomic E-state index is 12.7. The average molecular weight is 307 g/mol. The molecule has 1 aliphatic heterocycles. The molecular weight excluding hydrogens is 291 g/mol. The molecule has 2 aromatic carbocycles. The predicted octanol–water partition coefficient (Wildman–Crippen LogP) is 3.95. The first-order valence-electron chi connectivity index (χ1n) is 7.06. The average Bonchev–Trinajstić information content (AvgIpc) is 2.53. The third-order valence-electron chi connectivity index (χ3n) is 3.98. The number of rotatable bonds is 2. The van der Waals surface area contributed by atoms with E-state index in [1.165, 1.54) is 17.7 Å². The van der Waals surface area contributed by atoms with Gasteiger partial charge in [0.15, 0.2) is 0 Å². The fourth-order valence-electron chi connectivity index (χ4n) is 2.82. The van der Waals surface area contributed by atoms with Crippen molar-refractivity contribution in [2.24, 2.45) is 0 Å². The van der Waals surface area contributed by atoms with Crippen molar-refractivity contribution in [2.75, 3.05) is 13.7 Å². The van der Waals surface area contributed by atoms with Crippen LogP contribution in [0.1, 0.15) is 28.3 Å². The van der Waals surface area contributed by atoms with Crippen molar-refractivity contribution >= 4 is 0 Å². The van der Waals surface area contributed by atoms with Gasteiger partial charge in [-0.05, 0) is 47.4 Å². The number of halogens is 3. The summed E-state index contributed by atoms with van der Waals surface area (Å²) in [5.41, 5.74) is 2.45. The van der Waals surface area contributed by atoms with Gasteiger partial charge in [0.1, 0.15) is 5.75 Å². The van der Waals surface area contributed by atoms with Crippen LogP contribution in [-0.2, 0) is 12.6 Å². The molecule has 0 saturated heterocycles. The third-order valence-corrected chi connectivity index (χ3v) is 3.98. The van der Waals surface area contributed by atoms with Crippen molar-refractivity contribution in [1.29, 1.82) is 0 Å². The van der Waals surface area contributed by atoms with Crippen molar-refractivity contribution in [1.82, 2.24) is 5.32 Å². The molecule has 2 nitrogen and oxygen atoms in total. The van der Waals surface area contributed by atoms with E-state index in [2.05, 4.69) is 5.32 Å². The molecule has 0 spiro atoms. The highest BCUT2D eigenvalue weighted by atomic mass is 19.4. The molecule has 3 rings (SSSR count). The molecule has 0 fully saturated rings. The summed E-state index contributed by atoms with van der Waals surface area (Å²) in [4.78, 5) is 0. The number of hydrogen-bond acceptors (Lipinski definition) is 2. The monoisotopic (exact) mass is 307 g/mol. The highest BCUT2D eigenvalue weighted by Gasteiger charge is 2.30. The lowest BCUT2D eigenvalue weighted by Crippen LogP contribution is -2.30. The number of nitrogens with one attached hydrogen (secondary N) is 1. The molecule has 0 saturated carbocycles. The fraction of sp³-hybridized carbons (Fsp3) is 0.294. The number of fused-ring (bicyclic) bond motifs is 1. The lowest BCUT2D eigenvalue weighted by atomic mass is 9.89. The minimum absolute atomic E-state index is 0.110. The summed E-state index contributed by atoms with van der Waals surface area (Å²) in [6.07, 6.45) is -3.41. The van der Waals surface area contributed by atoms with Crippen LogP contribution in [-0.4, -0.2) is 13.7 Å². The predicted molar refractivity (Wildman–Crippen MR) is 78.0 cm³/mol. The Morgan fingerprint density at radius 1 is 1.09 bits per heavy atom. The third kappa shape index (κ3) is 2.81. The van der Waals surface area contributed by atoms with Crippen LogP contribution in [0, 0.1) is 0 Å². The van der Waals surface area contributed by atoms with Crippen LogP contribution in [0.2, 0.25) is 0 Å². The molecule has 116 valence electrons. The van der Waals surface area contributed by atoms with Gasteiger partial charge in [-0.2, -0.15) is 13.2 Å². The highest BCUT2D eigenvalue weighted by molar-refractivity contribution is 5.44. The van der Waals surface area contributed by atoms with Crippen LogP contribution in [0.4, 0.5) is 13.2 Å². The van der Waals surface area contributed by atoms with Crippen LogP contribution < -0.4 is 10.1 Å². The molecule has 0 aromatic heterocycles. The lowest BCUT2D eigenvalue weighted by molar-refractivity contribution is -0.137. The van der Waals surface area contributed by atoms with Crippen molar-refractivity contribution < 1.29 is 17.9 Å². The van der Waals surface area contributed by atoms with Gasteiger partial charge in [0.05, 0.1) is 18.7 Å². The van der Waals surface area contributed by atoms with E-state index < -0.39 is 11.7 Å². The van der Waals surface area contributed by atoms with Crippen LogP contribution in [0.15, 0.2) is 42.5 Å². The Labute approximate surface area is 126 Å². The second-order valence-electron chi connectivity index (χ2n) is 5.32. The Morgan fingerprint density at radius 3 is 2.45 bits per heavy atom. The zero-order chi connectivity index (χ0) is 15.7. The van der Waals surface area contributed by atoms with Gasteiger partial charge in [0.2, 0.25) is 0 Å². The summed E-state index contributed by atoms with van der Waals surface area (Å²) < 4.78 is 43.3. The molecule has 1 atom stereocenters. The second kappa shape index (κ2) is 5.65. The van der Waals surface area contributed by atoms with Crippen molar-refractivity contribution in [3.8, 4) is 5.75 Å². The maximum absolute atomic E-state index is 12.7. The highest BCUT2D eigenvalue weighted by Crippen LogP contribution is 2.34. The van der Waals surface area contributed by atoms with E-state index in [1.807, 2.05) is 18.2 Å². The standard InChI is InChI=1S/C17H16F3NO/c1-22-14-7-4-11-8-9-21-16(15(11)10-14)12-2-5-13(6-3-12)17(18,19)20/h2-7,10,16,21H,8-9H2,1H3. The Kier molecular flexibility index (Phi) is 3.83.